The lowest BCUT2D eigenvalue weighted by Crippen LogP contribution is -2.47. The molecular weight excluding hydrogens is 519 g/mol. The molecule has 0 saturated heterocycles. The second-order valence-corrected chi connectivity index (χ2v) is 10.7. The Hall–Kier alpha value is -4.06. The van der Waals surface area contributed by atoms with Crippen molar-refractivity contribution in [2.24, 2.45) is 0 Å². The molecule has 1 N–H and O–H groups in total. The van der Waals surface area contributed by atoms with Crippen LogP contribution in [0.3, 0.4) is 0 Å². The Morgan fingerprint density at radius 2 is 1.68 bits per heavy atom. The molecule has 0 bridgehead atoms. The maximum absolute atomic E-state index is 15.2. The summed E-state index contributed by atoms with van der Waals surface area (Å²) in [5.74, 6) is -1.77. The van der Waals surface area contributed by atoms with E-state index in [2.05, 4.69) is 4.74 Å². The van der Waals surface area contributed by atoms with Crippen LogP contribution in [0.5, 0.6) is 11.5 Å². The van der Waals surface area contributed by atoms with Gasteiger partial charge in [0.05, 0.1) is 19.9 Å². The lowest BCUT2D eigenvalue weighted by Gasteiger charge is -2.27. The van der Waals surface area contributed by atoms with Crippen LogP contribution in [0.1, 0.15) is 26.3 Å². The van der Waals surface area contributed by atoms with E-state index in [1.165, 1.54) is 25.3 Å². The number of benzene rings is 3. The number of hydrogen-bond donors (Lipinski definition) is 1. The maximum atomic E-state index is 15.2. The van der Waals surface area contributed by atoms with Gasteiger partial charge in [0.2, 0.25) is 0 Å². The third-order valence-electron chi connectivity index (χ3n) is 5.13. The first-order valence-electron chi connectivity index (χ1n) is 11.4. The van der Waals surface area contributed by atoms with E-state index in [0.29, 0.717) is 9.69 Å². The maximum Gasteiger partial charge on any atom is 0.422 e. The average Bonchev–Trinajstić information content (AvgIpc) is 2.84. The molecule has 3 aromatic carbocycles. The minimum absolute atomic E-state index is 0.00406. The van der Waals surface area contributed by atoms with Crippen LogP contribution < -0.4 is 18.5 Å². The van der Waals surface area contributed by atoms with Gasteiger partial charge in [-0.1, -0.05) is 36.4 Å². The van der Waals surface area contributed by atoms with Crippen molar-refractivity contribution in [3.05, 3.63) is 66.0 Å². The van der Waals surface area contributed by atoms with E-state index in [-0.39, 0.29) is 29.2 Å². The van der Waals surface area contributed by atoms with Crippen LogP contribution in [0.15, 0.2) is 54.6 Å². The third kappa shape index (κ3) is 7.03. The van der Waals surface area contributed by atoms with Gasteiger partial charge in [0.25, 0.3) is 0 Å². The SMILES string of the molecule is COC(=O)CN(c1cc2c(F)c(OC)ccc2cc1OCc1ccccc1)S(=O)(=O)NC(=O)OC(C)(C)C. The standard InChI is InChI=1S/C26H29FN2O8S/c1-26(2,3)37-25(31)28-38(32,33)29(15-23(30)35-5)20-14-19-18(11-12-21(34-4)24(19)27)13-22(20)36-16-17-9-7-6-8-10-17/h6-14H,15-16H2,1-5H3,(H,28,31). The van der Waals surface area contributed by atoms with Crippen LogP contribution in [0.4, 0.5) is 14.9 Å². The molecule has 0 aliphatic carbocycles. The molecule has 0 aromatic heterocycles. The second kappa shape index (κ2) is 11.5. The molecule has 0 spiro atoms. The van der Waals surface area contributed by atoms with Gasteiger partial charge in [-0.05, 0) is 49.9 Å². The van der Waals surface area contributed by atoms with E-state index in [0.717, 1.165) is 12.7 Å². The van der Waals surface area contributed by atoms with Gasteiger partial charge in [-0.2, -0.15) is 8.42 Å². The topological polar surface area (TPSA) is 120 Å². The van der Waals surface area contributed by atoms with Gasteiger partial charge in [0.1, 0.15) is 24.5 Å². The molecule has 0 heterocycles. The zero-order valence-electron chi connectivity index (χ0n) is 21.6. The number of fused-ring (bicyclic) bond motifs is 1. The summed E-state index contributed by atoms with van der Waals surface area (Å²) in [4.78, 5) is 24.6. The molecule has 204 valence electrons. The Kier molecular flexibility index (Phi) is 8.67. The van der Waals surface area contributed by atoms with Crippen molar-refractivity contribution in [3.8, 4) is 11.5 Å². The summed E-state index contributed by atoms with van der Waals surface area (Å²) in [6, 6.07) is 14.7. The van der Waals surface area contributed by atoms with Crippen molar-refractivity contribution in [1.29, 1.82) is 0 Å². The molecule has 3 rings (SSSR count). The number of nitrogens with one attached hydrogen (secondary N) is 1. The highest BCUT2D eigenvalue weighted by molar-refractivity contribution is 7.91. The van der Waals surface area contributed by atoms with Gasteiger partial charge < -0.3 is 18.9 Å². The van der Waals surface area contributed by atoms with E-state index in [9.17, 15) is 18.0 Å². The Bertz CT molecular complexity index is 1420. The van der Waals surface area contributed by atoms with Crippen LogP contribution >= 0.6 is 0 Å². The monoisotopic (exact) mass is 548 g/mol. The number of halogens is 1. The van der Waals surface area contributed by atoms with Gasteiger partial charge in [-0.15, -0.1) is 0 Å². The third-order valence-corrected chi connectivity index (χ3v) is 6.46. The number of nitrogens with zero attached hydrogens (tertiary/aromatic N) is 1. The molecule has 10 nitrogen and oxygen atoms in total. The van der Waals surface area contributed by atoms with Crippen molar-refractivity contribution in [2.45, 2.75) is 33.0 Å². The molecular formula is C26H29FN2O8S. The lowest BCUT2D eigenvalue weighted by molar-refractivity contribution is -0.138. The van der Waals surface area contributed by atoms with Crippen LogP contribution in [-0.2, 0) is 31.1 Å². The van der Waals surface area contributed by atoms with Crippen molar-refractivity contribution in [2.75, 3.05) is 25.1 Å². The van der Waals surface area contributed by atoms with Crippen molar-refractivity contribution < 1.29 is 41.3 Å². The molecule has 0 aliphatic heterocycles. The lowest BCUT2D eigenvalue weighted by atomic mass is 10.1. The molecule has 0 unspecified atom stereocenters. The van der Waals surface area contributed by atoms with Gasteiger partial charge in [-0.25, -0.2) is 18.2 Å². The van der Waals surface area contributed by atoms with Crippen molar-refractivity contribution in [3.63, 3.8) is 0 Å². The largest absolute Gasteiger partial charge is 0.494 e. The summed E-state index contributed by atoms with van der Waals surface area (Å²) in [7, 11) is -2.41. The second-order valence-electron chi connectivity index (χ2n) is 9.09. The summed E-state index contributed by atoms with van der Waals surface area (Å²) < 4.78 is 65.0. The minimum atomic E-state index is -4.78. The molecule has 0 aliphatic rings. The fourth-order valence-electron chi connectivity index (χ4n) is 3.43. The zero-order valence-corrected chi connectivity index (χ0v) is 22.4. The van der Waals surface area contributed by atoms with Gasteiger partial charge in [0.15, 0.2) is 11.6 Å². The predicted octanol–water partition coefficient (Wildman–Crippen LogP) is 4.32. The first-order valence-corrected chi connectivity index (χ1v) is 12.9. The number of anilines is 1. The summed E-state index contributed by atoms with van der Waals surface area (Å²) >= 11 is 0. The fraction of sp³-hybridized carbons (Fsp3) is 0.308. The molecule has 12 heteroatoms. The number of ether oxygens (including phenoxy) is 4. The van der Waals surface area contributed by atoms with E-state index in [1.54, 1.807) is 55.8 Å². The molecule has 0 fully saturated rings. The summed E-state index contributed by atoms with van der Waals surface area (Å²) in [6.45, 7) is 3.85. The predicted molar refractivity (Wildman–Crippen MR) is 139 cm³/mol. The minimum Gasteiger partial charge on any atom is -0.494 e. The van der Waals surface area contributed by atoms with Crippen LogP contribution in [0.2, 0.25) is 0 Å². The van der Waals surface area contributed by atoms with Crippen molar-refractivity contribution in [1.82, 2.24) is 4.72 Å². The summed E-state index contributed by atoms with van der Waals surface area (Å²) in [6.07, 6.45) is -1.27. The quantitative estimate of drug-likeness (QED) is 0.393. The van der Waals surface area contributed by atoms with Crippen LogP contribution in [0.25, 0.3) is 10.8 Å². The highest BCUT2D eigenvalue weighted by Gasteiger charge is 2.32. The number of methoxy groups -OCH3 is 2. The molecule has 0 saturated carbocycles. The van der Waals surface area contributed by atoms with Gasteiger partial charge in [-0.3, -0.25) is 4.79 Å². The van der Waals surface area contributed by atoms with E-state index >= 15 is 4.39 Å². The van der Waals surface area contributed by atoms with Gasteiger partial charge in [0, 0.05) is 5.39 Å². The number of rotatable bonds is 9. The summed E-state index contributed by atoms with van der Waals surface area (Å²) in [5.41, 5.74) is -0.449. The first-order chi connectivity index (χ1) is 17.8. The van der Waals surface area contributed by atoms with Crippen LogP contribution in [0, 0.1) is 5.82 Å². The average molecular weight is 549 g/mol. The van der Waals surface area contributed by atoms with E-state index in [1.807, 2.05) is 6.07 Å². The number of carbonyl (C=O) groups is 2. The fourth-order valence-corrected chi connectivity index (χ4v) is 4.47. The number of hydrogen-bond acceptors (Lipinski definition) is 8. The normalized spacial score (nSPS) is 11.5. The highest BCUT2D eigenvalue weighted by atomic mass is 32.2. The Morgan fingerprint density at radius 1 is 1.00 bits per heavy atom. The summed E-state index contributed by atoms with van der Waals surface area (Å²) in [5, 5.41) is 0.374. The molecule has 0 radical (unpaired) electrons. The number of amides is 1. The molecule has 1 amide bonds. The number of carbonyl (C=O) groups excluding carboxylic acids is 2. The zero-order chi connectivity index (χ0) is 28.1. The molecule has 38 heavy (non-hydrogen) atoms. The van der Waals surface area contributed by atoms with Gasteiger partial charge >= 0.3 is 22.3 Å². The van der Waals surface area contributed by atoms with E-state index < -0.39 is 40.2 Å². The Morgan fingerprint density at radius 3 is 2.29 bits per heavy atom. The smallest absolute Gasteiger partial charge is 0.422 e. The molecule has 3 aromatic rings. The highest BCUT2D eigenvalue weighted by Crippen LogP contribution is 2.38. The van der Waals surface area contributed by atoms with Crippen LogP contribution in [-0.4, -0.2) is 46.8 Å². The molecule has 0 atom stereocenters. The first kappa shape index (κ1) is 28.5. The Labute approximate surface area is 220 Å². The Balaban J connectivity index is 2.17. The van der Waals surface area contributed by atoms with E-state index in [4.69, 9.17) is 14.2 Å². The van der Waals surface area contributed by atoms with Crippen molar-refractivity contribution >= 4 is 38.7 Å². The number of esters is 1.